The number of hydrogen-bond acceptors (Lipinski definition) is 12. The number of methoxy groups -OCH3 is 1. The van der Waals surface area contributed by atoms with Gasteiger partial charge in [-0.05, 0) is 87.2 Å². The zero-order valence-corrected chi connectivity index (χ0v) is 41.0. The van der Waals surface area contributed by atoms with Crippen molar-refractivity contribution in [3.8, 4) is 5.75 Å². The van der Waals surface area contributed by atoms with Crippen molar-refractivity contribution in [2.75, 3.05) is 30.5 Å². The van der Waals surface area contributed by atoms with Crippen molar-refractivity contribution in [3.05, 3.63) is 185 Å². The molecule has 1 aliphatic carbocycles. The van der Waals surface area contributed by atoms with Gasteiger partial charge in [0.1, 0.15) is 42.1 Å². The standard InChI is InChI=1S/C54H57N6O10P/c1-52(2)67-45-35(31-65-71(62,57-39-22-14-8-15-23-39)58-40-24-16-9-17-25-40)30-42(46(45)68-52)59-34-56-49-44(50(59)61)55-33-60(49)51-48-47(69-53(3,4)70-48)43(66-51)32-64-54(36-18-10-6-11-19-36,37-20-12-7-13-21-37)38-26-28-41(63-5)29-27-38/h6-29,33-35,42-43,45-48,51H,30-32H2,1-5H3,(H2,57,58,62)/t35-,42-,43-,45-,46+,47-,48-,51-/m1/s1. The maximum absolute atomic E-state index is 14.7. The molecule has 3 saturated heterocycles. The fraction of sp³-hybridized carbons (Fsp3) is 0.352. The number of fused-ring (bicyclic) bond motifs is 3. The third-order valence-electron chi connectivity index (χ3n) is 13.7. The molecule has 0 unspecified atom stereocenters. The Labute approximate surface area is 411 Å². The largest absolute Gasteiger partial charge is 0.497 e. The number of nitrogens with one attached hydrogen (secondary N) is 2. The number of imidazole rings is 1. The van der Waals surface area contributed by atoms with Gasteiger partial charge >= 0.3 is 7.67 Å². The second-order valence-electron chi connectivity index (χ2n) is 19.3. The van der Waals surface area contributed by atoms with Crippen LogP contribution >= 0.6 is 7.67 Å². The van der Waals surface area contributed by atoms with Gasteiger partial charge in [-0.3, -0.25) is 28.6 Å². The van der Waals surface area contributed by atoms with Gasteiger partial charge in [-0.25, -0.2) is 14.5 Å². The van der Waals surface area contributed by atoms with E-state index in [0.717, 1.165) is 22.4 Å². The summed E-state index contributed by atoms with van der Waals surface area (Å²) in [4.78, 5) is 24.3. The SMILES string of the molecule is COc1ccc(C(OC[C@H]2O[C@@H](n3cnc4c(=O)n([C@@H]5C[C@H](COP(=O)(Nc6ccccc6)Nc6ccccc6)[C@H]6OC(C)(C)O[C@H]65)cnc43)[C@@H]3OC(C)(C)O[C@@H]32)(c2ccccc2)c2ccccc2)cc1. The van der Waals surface area contributed by atoms with Crippen molar-refractivity contribution < 1.29 is 42.2 Å². The van der Waals surface area contributed by atoms with Crippen LogP contribution < -0.4 is 20.5 Å². The molecule has 2 aromatic heterocycles. The summed E-state index contributed by atoms with van der Waals surface area (Å²) in [6, 6.07) is 46.1. The van der Waals surface area contributed by atoms with Crippen molar-refractivity contribution in [2.24, 2.45) is 5.92 Å². The van der Waals surface area contributed by atoms with Crippen LogP contribution in [-0.2, 0) is 43.1 Å². The van der Waals surface area contributed by atoms with E-state index in [0.29, 0.717) is 23.4 Å². The topological polar surface area (TPSA) is 168 Å². The molecule has 11 rings (SSSR count). The Morgan fingerprint density at radius 2 is 1.17 bits per heavy atom. The van der Waals surface area contributed by atoms with Gasteiger partial charge in [-0.2, -0.15) is 0 Å². The van der Waals surface area contributed by atoms with E-state index in [9.17, 15) is 9.36 Å². The fourth-order valence-corrected chi connectivity index (χ4v) is 12.2. The summed E-state index contributed by atoms with van der Waals surface area (Å²) < 4.78 is 70.1. The maximum Gasteiger partial charge on any atom is 0.391 e. The van der Waals surface area contributed by atoms with E-state index in [1.807, 2.05) is 149 Å². The Morgan fingerprint density at radius 1 is 0.648 bits per heavy atom. The van der Waals surface area contributed by atoms with Crippen molar-refractivity contribution >= 4 is 30.2 Å². The Bertz CT molecular complexity index is 2990. The van der Waals surface area contributed by atoms with E-state index < -0.39 is 67.6 Å². The van der Waals surface area contributed by atoms with Gasteiger partial charge in [-0.1, -0.05) is 109 Å². The van der Waals surface area contributed by atoms with Crippen LogP contribution in [-0.4, -0.2) is 81.5 Å². The van der Waals surface area contributed by atoms with E-state index in [-0.39, 0.29) is 30.2 Å². The van der Waals surface area contributed by atoms with Crippen LogP contribution in [0.5, 0.6) is 5.75 Å². The highest BCUT2D eigenvalue weighted by Gasteiger charge is 2.58. The van der Waals surface area contributed by atoms with Crippen LogP contribution in [0.4, 0.5) is 11.4 Å². The van der Waals surface area contributed by atoms with Gasteiger partial charge < -0.3 is 33.2 Å². The van der Waals surface area contributed by atoms with E-state index in [1.165, 1.54) is 6.33 Å². The summed E-state index contributed by atoms with van der Waals surface area (Å²) >= 11 is 0. The summed E-state index contributed by atoms with van der Waals surface area (Å²) in [6.45, 7) is 7.58. The van der Waals surface area contributed by atoms with Crippen LogP contribution in [0.25, 0.3) is 11.2 Å². The summed E-state index contributed by atoms with van der Waals surface area (Å²) in [7, 11) is -2.09. The van der Waals surface area contributed by atoms with Gasteiger partial charge in [0.05, 0.1) is 38.8 Å². The molecule has 3 aliphatic heterocycles. The maximum atomic E-state index is 14.7. The first kappa shape index (κ1) is 47.1. The minimum Gasteiger partial charge on any atom is -0.497 e. The molecule has 16 nitrogen and oxygen atoms in total. The van der Waals surface area contributed by atoms with E-state index in [2.05, 4.69) is 39.4 Å². The molecule has 7 aromatic rings. The van der Waals surface area contributed by atoms with E-state index in [1.54, 1.807) is 22.6 Å². The molecule has 1 saturated carbocycles. The minimum atomic E-state index is -3.74. The first-order chi connectivity index (χ1) is 34.3. The lowest BCUT2D eigenvalue weighted by Crippen LogP contribution is -2.39. The molecular formula is C54H57N6O10P. The summed E-state index contributed by atoms with van der Waals surface area (Å²) in [6.07, 6.45) is -0.0393. The highest BCUT2D eigenvalue weighted by atomic mass is 31.2. The lowest BCUT2D eigenvalue weighted by Gasteiger charge is -2.37. The summed E-state index contributed by atoms with van der Waals surface area (Å²) in [5, 5.41) is 6.19. The third-order valence-corrected chi connectivity index (χ3v) is 15.3. The molecule has 2 N–H and O–H groups in total. The normalized spacial score (nSPS) is 25.5. The molecule has 5 aromatic carbocycles. The highest BCUT2D eigenvalue weighted by molar-refractivity contribution is 7.62. The molecule has 4 aliphatic rings. The smallest absolute Gasteiger partial charge is 0.391 e. The van der Waals surface area contributed by atoms with Crippen molar-refractivity contribution in [1.82, 2.24) is 19.1 Å². The highest BCUT2D eigenvalue weighted by Crippen LogP contribution is 2.52. The lowest BCUT2D eigenvalue weighted by atomic mass is 9.80. The van der Waals surface area contributed by atoms with Gasteiger partial charge in [0, 0.05) is 17.3 Å². The predicted octanol–water partition coefficient (Wildman–Crippen LogP) is 9.46. The second kappa shape index (κ2) is 18.8. The zero-order valence-electron chi connectivity index (χ0n) is 40.1. The van der Waals surface area contributed by atoms with Crippen molar-refractivity contribution in [2.45, 2.75) is 94.1 Å². The van der Waals surface area contributed by atoms with Crippen molar-refractivity contribution in [1.29, 1.82) is 0 Å². The average Bonchev–Trinajstić information content (AvgIpc) is 4.18. The van der Waals surface area contributed by atoms with Crippen molar-refractivity contribution in [3.63, 3.8) is 0 Å². The van der Waals surface area contributed by atoms with Gasteiger partial charge in [0.25, 0.3) is 5.56 Å². The molecule has 0 radical (unpaired) electrons. The van der Waals surface area contributed by atoms with E-state index >= 15 is 0 Å². The number of benzene rings is 5. The molecule has 17 heteroatoms. The van der Waals surface area contributed by atoms with Gasteiger partial charge in [0.15, 0.2) is 29.0 Å². The molecule has 8 atom stereocenters. The first-order valence-electron chi connectivity index (χ1n) is 23.9. The van der Waals surface area contributed by atoms with Gasteiger partial charge in [0.2, 0.25) is 0 Å². The average molecular weight is 981 g/mol. The summed E-state index contributed by atoms with van der Waals surface area (Å²) in [5.41, 5.74) is 3.07. The molecule has 0 bridgehead atoms. The Balaban J connectivity index is 0.874. The number of rotatable bonds is 16. The number of aromatic nitrogens is 4. The zero-order chi connectivity index (χ0) is 49.0. The van der Waals surface area contributed by atoms with E-state index in [4.69, 9.17) is 42.7 Å². The molecule has 0 amide bonds. The predicted molar refractivity (Wildman–Crippen MR) is 266 cm³/mol. The molecule has 5 heterocycles. The Kier molecular flexibility index (Phi) is 12.5. The minimum absolute atomic E-state index is 0.0376. The van der Waals surface area contributed by atoms with Crippen LogP contribution in [0.2, 0.25) is 0 Å². The molecular weight excluding hydrogens is 924 g/mol. The first-order valence-corrected chi connectivity index (χ1v) is 25.6. The Hall–Kier alpha value is -6.20. The molecule has 368 valence electrons. The van der Waals surface area contributed by atoms with Crippen LogP contribution in [0.3, 0.4) is 0 Å². The van der Waals surface area contributed by atoms with Crippen LogP contribution in [0.1, 0.15) is 63.1 Å². The molecule has 71 heavy (non-hydrogen) atoms. The number of ether oxygens (including phenoxy) is 7. The van der Waals surface area contributed by atoms with Crippen LogP contribution in [0.15, 0.2) is 163 Å². The second-order valence-corrected chi connectivity index (χ2v) is 21.1. The fourth-order valence-electron chi connectivity index (χ4n) is 10.6. The number of hydrogen-bond donors (Lipinski definition) is 2. The number of para-hydroxylation sites is 2. The van der Waals surface area contributed by atoms with Crippen LogP contribution in [0, 0.1) is 5.92 Å². The molecule has 4 fully saturated rings. The lowest BCUT2D eigenvalue weighted by molar-refractivity contribution is -0.204. The number of anilines is 2. The Morgan fingerprint density at radius 3 is 1.76 bits per heavy atom. The summed E-state index contributed by atoms with van der Waals surface area (Å²) in [5.74, 6) is -1.48. The third kappa shape index (κ3) is 9.08. The molecule has 0 spiro atoms. The quantitative estimate of drug-likeness (QED) is 0.0694. The number of nitrogens with zero attached hydrogens (tertiary/aromatic N) is 4. The monoisotopic (exact) mass is 980 g/mol. The van der Waals surface area contributed by atoms with Gasteiger partial charge in [-0.15, -0.1) is 0 Å².